The topological polar surface area (TPSA) is 12.0 Å². The van der Waals surface area contributed by atoms with Crippen LogP contribution in [0.25, 0.3) is 0 Å². The van der Waals surface area contributed by atoms with Crippen molar-refractivity contribution in [3.05, 3.63) is 71.8 Å². The Kier molecular flexibility index (Phi) is 6.61. The molecular weight excluding hydrogens is 254 g/mol. The van der Waals surface area contributed by atoms with Crippen molar-refractivity contribution in [2.24, 2.45) is 0 Å². The Morgan fingerprint density at radius 2 is 1.21 bits per heavy atom. The molecule has 0 saturated carbocycles. The second-order valence-electron chi connectivity index (χ2n) is 4.94. The van der Waals surface area contributed by atoms with Gasteiger partial charge in [0.2, 0.25) is 0 Å². The Balaban J connectivity index is 0.00000180. The number of hydrogen-bond donors (Lipinski definition) is 1. The molecule has 0 aliphatic rings. The lowest BCUT2D eigenvalue weighted by molar-refractivity contribution is 0.561. The van der Waals surface area contributed by atoms with Crippen LogP contribution in [0.2, 0.25) is 0 Å². The first-order valence-corrected chi connectivity index (χ1v) is 6.60. The first kappa shape index (κ1) is 15.7. The lowest BCUT2D eigenvalue weighted by Gasteiger charge is -2.20. The number of rotatable bonds is 5. The minimum atomic E-state index is 0. The molecular formula is C17H22ClN. The van der Waals surface area contributed by atoms with Crippen molar-refractivity contribution in [3.63, 3.8) is 0 Å². The second kappa shape index (κ2) is 7.98. The molecule has 2 aromatic carbocycles. The van der Waals surface area contributed by atoms with Gasteiger partial charge in [-0.1, -0.05) is 74.5 Å². The number of nitrogens with one attached hydrogen (secondary N) is 1. The minimum Gasteiger partial charge on any atom is -0.314 e. The lowest BCUT2D eigenvalue weighted by atomic mass is 9.91. The number of halogens is 1. The predicted molar refractivity (Wildman–Crippen MR) is 85.1 cm³/mol. The zero-order valence-corrected chi connectivity index (χ0v) is 12.4. The number of hydrogen-bond acceptors (Lipinski definition) is 1. The summed E-state index contributed by atoms with van der Waals surface area (Å²) in [5.74, 6) is 0.426. The van der Waals surface area contributed by atoms with E-state index in [9.17, 15) is 0 Å². The molecule has 0 saturated heterocycles. The van der Waals surface area contributed by atoms with E-state index in [1.807, 2.05) is 0 Å². The molecule has 0 bridgehead atoms. The highest BCUT2D eigenvalue weighted by Crippen LogP contribution is 2.23. The first-order chi connectivity index (χ1) is 8.77. The van der Waals surface area contributed by atoms with Gasteiger partial charge in [0.15, 0.2) is 0 Å². The molecule has 0 radical (unpaired) electrons. The van der Waals surface area contributed by atoms with Crippen LogP contribution in [0.15, 0.2) is 60.7 Å². The van der Waals surface area contributed by atoms with E-state index in [0.29, 0.717) is 12.0 Å². The highest BCUT2D eigenvalue weighted by molar-refractivity contribution is 5.85. The lowest BCUT2D eigenvalue weighted by Crippen LogP contribution is -2.28. The van der Waals surface area contributed by atoms with Crippen molar-refractivity contribution in [1.29, 1.82) is 0 Å². The highest BCUT2D eigenvalue weighted by atomic mass is 35.5. The average molecular weight is 276 g/mol. The maximum atomic E-state index is 3.54. The van der Waals surface area contributed by atoms with Gasteiger partial charge in [-0.2, -0.15) is 0 Å². The van der Waals surface area contributed by atoms with E-state index in [0.717, 1.165) is 6.54 Å². The quantitative estimate of drug-likeness (QED) is 0.861. The van der Waals surface area contributed by atoms with Crippen LogP contribution in [-0.4, -0.2) is 12.6 Å². The van der Waals surface area contributed by atoms with E-state index < -0.39 is 0 Å². The summed E-state index contributed by atoms with van der Waals surface area (Å²) in [5.41, 5.74) is 2.74. The zero-order chi connectivity index (χ0) is 12.8. The van der Waals surface area contributed by atoms with Crippen LogP contribution in [0.3, 0.4) is 0 Å². The Bertz CT molecular complexity index is 414. The number of benzene rings is 2. The van der Waals surface area contributed by atoms with Crippen molar-refractivity contribution in [1.82, 2.24) is 5.32 Å². The molecule has 0 aliphatic heterocycles. The normalized spacial score (nSPS) is 10.5. The summed E-state index contributed by atoms with van der Waals surface area (Å²) in [4.78, 5) is 0. The summed E-state index contributed by atoms with van der Waals surface area (Å²) in [6.45, 7) is 5.35. The third kappa shape index (κ3) is 4.70. The van der Waals surface area contributed by atoms with Gasteiger partial charge < -0.3 is 5.32 Å². The van der Waals surface area contributed by atoms with Gasteiger partial charge in [0.25, 0.3) is 0 Å². The van der Waals surface area contributed by atoms with Crippen molar-refractivity contribution < 1.29 is 0 Å². The molecule has 0 atom stereocenters. The Morgan fingerprint density at radius 3 is 1.58 bits per heavy atom. The van der Waals surface area contributed by atoms with E-state index >= 15 is 0 Å². The van der Waals surface area contributed by atoms with Gasteiger partial charge in [-0.15, -0.1) is 12.4 Å². The summed E-state index contributed by atoms with van der Waals surface area (Å²) in [6.07, 6.45) is 0. The highest BCUT2D eigenvalue weighted by Gasteiger charge is 2.13. The second-order valence-corrected chi connectivity index (χ2v) is 4.94. The molecule has 1 nitrogen and oxygen atoms in total. The van der Waals surface area contributed by atoms with Gasteiger partial charge in [-0.3, -0.25) is 0 Å². The van der Waals surface area contributed by atoms with Crippen molar-refractivity contribution in [2.45, 2.75) is 25.8 Å². The van der Waals surface area contributed by atoms with Gasteiger partial charge in [-0.25, -0.2) is 0 Å². The molecule has 0 spiro atoms. The fraction of sp³-hybridized carbons (Fsp3) is 0.294. The summed E-state index contributed by atoms with van der Waals surface area (Å²) >= 11 is 0. The fourth-order valence-electron chi connectivity index (χ4n) is 2.15. The third-order valence-corrected chi connectivity index (χ3v) is 3.13. The molecule has 2 aromatic rings. The molecule has 0 fully saturated rings. The van der Waals surface area contributed by atoms with Crippen molar-refractivity contribution in [3.8, 4) is 0 Å². The minimum absolute atomic E-state index is 0. The van der Waals surface area contributed by atoms with Crippen LogP contribution < -0.4 is 5.32 Å². The van der Waals surface area contributed by atoms with Crippen LogP contribution in [-0.2, 0) is 0 Å². The van der Waals surface area contributed by atoms with Crippen LogP contribution in [0, 0.1) is 0 Å². The molecule has 1 N–H and O–H groups in total. The van der Waals surface area contributed by atoms with Gasteiger partial charge in [-0.05, 0) is 11.1 Å². The average Bonchev–Trinajstić information content (AvgIpc) is 2.41. The molecule has 19 heavy (non-hydrogen) atoms. The standard InChI is InChI=1S/C17H21N.ClH/c1-14(2)18-13-17(15-9-5-3-6-10-15)16-11-7-4-8-12-16;/h3-12,14,17-18H,13H2,1-2H3;1H. The van der Waals surface area contributed by atoms with Gasteiger partial charge in [0.05, 0.1) is 0 Å². The summed E-state index contributed by atoms with van der Waals surface area (Å²) in [5, 5.41) is 3.54. The Labute approximate surface area is 122 Å². The van der Waals surface area contributed by atoms with Crippen LogP contribution in [0.4, 0.5) is 0 Å². The van der Waals surface area contributed by atoms with E-state index in [4.69, 9.17) is 0 Å². The maximum absolute atomic E-state index is 3.54. The fourth-order valence-corrected chi connectivity index (χ4v) is 2.15. The van der Waals surface area contributed by atoms with Gasteiger partial charge in [0, 0.05) is 18.5 Å². The van der Waals surface area contributed by atoms with E-state index in [2.05, 4.69) is 79.8 Å². The molecule has 0 aromatic heterocycles. The summed E-state index contributed by atoms with van der Waals surface area (Å²) in [6, 6.07) is 21.9. The smallest absolute Gasteiger partial charge is 0.0214 e. The third-order valence-electron chi connectivity index (χ3n) is 3.13. The first-order valence-electron chi connectivity index (χ1n) is 6.60. The predicted octanol–water partition coefficient (Wildman–Crippen LogP) is 4.24. The molecule has 0 heterocycles. The molecule has 0 amide bonds. The monoisotopic (exact) mass is 275 g/mol. The van der Waals surface area contributed by atoms with Crippen LogP contribution in [0.1, 0.15) is 30.9 Å². The Hall–Kier alpha value is -1.31. The summed E-state index contributed by atoms with van der Waals surface area (Å²) in [7, 11) is 0. The van der Waals surface area contributed by atoms with Gasteiger partial charge in [0.1, 0.15) is 0 Å². The molecule has 2 heteroatoms. The largest absolute Gasteiger partial charge is 0.314 e. The molecule has 102 valence electrons. The van der Waals surface area contributed by atoms with E-state index in [1.54, 1.807) is 0 Å². The summed E-state index contributed by atoms with van der Waals surface area (Å²) < 4.78 is 0. The maximum Gasteiger partial charge on any atom is 0.0214 e. The van der Waals surface area contributed by atoms with Crippen molar-refractivity contribution >= 4 is 12.4 Å². The van der Waals surface area contributed by atoms with E-state index in [1.165, 1.54) is 11.1 Å². The SMILES string of the molecule is CC(C)NCC(c1ccccc1)c1ccccc1.Cl. The van der Waals surface area contributed by atoms with Crippen LogP contribution >= 0.6 is 12.4 Å². The zero-order valence-electron chi connectivity index (χ0n) is 11.5. The molecule has 0 aliphatic carbocycles. The van der Waals surface area contributed by atoms with Crippen molar-refractivity contribution in [2.75, 3.05) is 6.54 Å². The molecule has 2 rings (SSSR count). The molecule has 0 unspecified atom stereocenters. The Morgan fingerprint density at radius 1 is 0.789 bits per heavy atom. The van der Waals surface area contributed by atoms with Crippen LogP contribution in [0.5, 0.6) is 0 Å². The van der Waals surface area contributed by atoms with Gasteiger partial charge >= 0.3 is 0 Å². The van der Waals surface area contributed by atoms with E-state index in [-0.39, 0.29) is 12.4 Å².